The molecule has 84 valence electrons. The zero-order chi connectivity index (χ0) is 11.3. The lowest BCUT2D eigenvalue weighted by Crippen LogP contribution is -2.33. The molecule has 0 radical (unpaired) electrons. The third-order valence-corrected chi connectivity index (χ3v) is 1.83. The normalized spacial score (nSPS) is 11.5. The van der Waals surface area contributed by atoms with Gasteiger partial charge in [0.15, 0.2) is 5.82 Å². The standard InChI is InChI=1S/C10H16FN3O/c1-4-15-10(2,3)7-14-9-12-5-8(11)6-13-9/h5-6H,4,7H2,1-3H3,(H,12,13,14). The van der Waals surface area contributed by atoms with Crippen LogP contribution in [-0.4, -0.2) is 28.7 Å². The first-order valence-electron chi connectivity index (χ1n) is 4.89. The van der Waals surface area contributed by atoms with Crippen LogP contribution in [0.15, 0.2) is 12.4 Å². The monoisotopic (exact) mass is 213 g/mol. The molecule has 5 heteroatoms. The third-order valence-electron chi connectivity index (χ3n) is 1.83. The molecule has 0 amide bonds. The maximum Gasteiger partial charge on any atom is 0.222 e. The van der Waals surface area contributed by atoms with E-state index in [0.29, 0.717) is 19.1 Å². The lowest BCUT2D eigenvalue weighted by Gasteiger charge is -2.24. The second-order valence-electron chi connectivity index (χ2n) is 3.77. The zero-order valence-electron chi connectivity index (χ0n) is 9.25. The van der Waals surface area contributed by atoms with Crippen molar-refractivity contribution in [3.05, 3.63) is 18.2 Å². The number of nitrogens with one attached hydrogen (secondary N) is 1. The molecule has 0 spiro atoms. The maximum absolute atomic E-state index is 12.5. The molecule has 0 fully saturated rings. The Morgan fingerprint density at radius 3 is 2.53 bits per heavy atom. The number of aromatic nitrogens is 2. The minimum atomic E-state index is -0.440. The fraction of sp³-hybridized carbons (Fsp3) is 0.600. The quantitative estimate of drug-likeness (QED) is 0.810. The van der Waals surface area contributed by atoms with E-state index in [1.54, 1.807) is 0 Å². The summed E-state index contributed by atoms with van der Waals surface area (Å²) in [5, 5.41) is 2.98. The van der Waals surface area contributed by atoms with Gasteiger partial charge in [-0.25, -0.2) is 14.4 Å². The van der Waals surface area contributed by atoms with Gasteiger partial charge in [0.05, 0.1) is 18.0 Å². The number of anilines is 1. The molecule has 0 saturated heterocycles. The first-order valence-corrected chi connectivity index (χ1v) is 4.89. The second-order valence-corrected chi connectivity index (χ2v) is 3.77. The first-order chi connectivity index (χ1) is 7.03. The van der Waals surface area contributed by atoms with Crippen LogP contribution in [0.4, 0.5) is 10.3 Å². The van der Waals surface area contributed by atoms with Gasteiger partial charge < -0.3 is 10.1 Å². The molecule has 1 rings (SSSR count). The molecule has 15 heavy (non-hydrogen) atoms. The summed E-state index contributed by atoms with van der Waals surface area (Å²) >= 11 is 0. The number of rotatable bonds is 5. The zero-order valence-corrected chi connectivity index (χ0v) is 9.25. The van der Waals surface area contributed by atoms with E-state index in [4.69, 9.17) is 4.74 Å². The molecule has 0 aromatic carbocycles. The molecule has 0 bridgehead atoms. The van der Waals surface area contributed by atoms with E-state index in [2.05, 4.69) is 15.3 Å². The smallest absolute Gasteiger partial charge is 0.222 e. The SMILES string of the molecule is CCOC(C)(C)CNc1ncc(F)cn1. The minimum absolute atomic E-state index is 0.285. The van der Waals surface area contributed by atoms with Crippen molar-refractivity contribution in [1.29, 1.82) is 0 Å². The first kappa shape index (κ1) is 11.8. The van der Waals surface area contributed by atoms with Crippen LogP contribution in [0.25, 0.3) is 0 Å². The molecule has 0 unspecified atom stereocenters. The molecule has 1 aromatic heterocycles. The van der Waals surface area contributed by atoms with Crippen molar-refractivity contribution in [1.82, 2.24) is 9.97 Å². The molecule has 1 heterocycles. The van der Waals surface area contributed by atoms with Crippen molar-refractivity contribution in [2.45, 2.75) is 26.4 Å². The molecule has 0 aliphatic carbocycles. The fourth-order valence-corrected chi connectivity index (χ4v) is 1.14. The van der Waals surface area contributed by atoms with Gasteiger partial charge in [0, 0.05) is 13.2 Å². The average molecular weight is 213 g/mol. The summed E-state index contributed by atoms with van der Waals surface area (Å²) in [6.07, 6.45) is 2.26. The average Bonchev–Trinajstić information content (AvgIpc) is 2.17. The summed E-state index contributed by atoms with van der Waals surface area (Å²) in [4.78, 5) is 7.58. The Bertz CT molecular complexity index is 300. The van der Waals surface area contributed by atoms with E-state index < -0.39 is 5.82 Å². The summed E-state index contributed by atoms with van der Waals surface area (Å²) in [7, 11) is 0. The van der Waals surface area contributed by atoms with E-state index in [1.165, 1.54) is 0 Å². The van der Waals surface area contributed by atoms with Crippen LogP contribution in [0.5, 0.6) is 0 Å². The van der Waals surface area contributed by atoms with Gasteiger partial charge in [-0.1, -0.05) is 0 Å². The Hall–Kier alpha value is -1.23. The number of hydrogen-bond acceptors (Lipinski definition) is 4. The highest BCUT2D eigenvalue weighted by Crippen LogP contribution is 2.09. The van der Waals surface area contributed by atoms with E-state index in [9.17, 15) is 4.39 Å². The molecule has 0 aliphatic heterocycles. The van der Waals surface area contributed by atoms with Crippen molar-refractivity contribution >= 4 is 5.95 Å². The number of halogens is 1. The summed E-state index contributed by atoms with van der Waals surface area (Å²) in [5.74, 6) is -0.0335. The molecular weight excluding hydrogens is 197 g/mol. The largest absolute Gasteiger partial charge is 0.374 e. The van der Waals surface area contributed by atoms with E-state index in [0.717, 1.165) is 12.4 Å². The number of ether oxygens (including phenoxy) is 1. The predicted octanol–water partition coefficient (Wildman–Crippen LogP) is 1.84. The van der Waals surface area contributed by atoms with Gasteiger partial charge in [0.1, 0.15) is 0 Å². The molecule has 1 aromatic rings. The van der Waals surface area contributed by atoms with E-state index >= 15 is 0 Å². The lowest BCUT2D eigenvalue weighted by atomic mass is 10.1. The Labute approximate surface area is 88.9 Å². The van der Waals surface area contributed by atoms with Gasteiger partial charge in [-0.2, -0.15) is 0 Å². The van der Waals surface area contributed by atoms with Crippen molar-refractivity contribution in [3.8, 4) is 0 Å². The highest BCUT2D eigenvalue weighted by molar-refractivity contribution is 5.23. The molecule has 1 N–H and O–H groups in total. The van der Waals surface area contributed by atoms with Gasteiger partial charge in [-0.15, -0.1) is 0 Å². The Morgan fingerprint density at radius 1 is 1.40 bits per heavy atom. The van der Waals surface area contributed by atoms with Crippen molar-refractivity contribution in [3.63, 3.8) is 0 Å². The predicted molar refractivity (Wildman–Crippen MR) is 56.2 cm³/mol. The summed E-state index contributed by atoms with van der Waals surface area (Å²) in [6, 6.07) is 0. The summed E-state index contributed by atoms with van der Waals surface area (Å²) < 4.78 is 18.0. The van der Waals surface area contributed by atoms with Gasteiger partial charge in [-0.05, 0) is 20.8 Å². The second kappa shape index (κ2) is 5.02. The van der Waals surface area contributed by atoms with Crippen molar-refractivity contribution < 1.29 is 9.13 Å². The van der Waals surface area contributed by atoms with Crippen LogP contribution in [0.2, 0.25) is 0 Å². The number of hydrogen-bond donors (Lipinski definition) is 1. The topological polar surface area (TPSA) is 47.0 Å². The van der Waals surface area contributed by atoms with Gasteiger partial charge in [0.25, 0.3) is 0 Å². The van der Waals surface area contributed by atoms with Gasteiger partial charge in [-0.3, -0.25) is 0 Å². The maximum atomic E-state index is 12.5. The van der Waals surface area contributed by atoms with Crippen LogP contribution in [0.1, 0.15) is 20.8 Å². The van der Waals surface area contributed by atoms with Crippen LogP contribution in [0.3, 0.4) is 0 Å². The highest BCUT2D eigenvalue weighted by Gasteiger charge is 2.17. The minimum Gasteiger partial charge on any atom is -0.374 e. The van der Waals surface area contributed by atoms with E-state index in [-0.39, 0.29) is 5.60 Å². The third kappa shape index (κ3) is 4.20. The molecular formula is C10H16FN3O. The molecule has 0 aliphatic rings. The molecule has 0 atom stereocenters. The van der Waals surface area contributed by atoms with Crippen LogP contribution in [-0.2, 0) is 4.74 Å². The van der Waals surface area contributed by atoms with Crippen LogP contribution in [0, 0.1) is 5.82 Å². The van der Waals surface area contributed by atoms with Crippen molar-refractivity contribution in [2.24, 2.45) is 0 Å². The van der Waals surface area contributed by atoms with Crippen molar-refractivity contribution in [2.75, 3.05) is 18.5 Å². The Kier molecular flexibility index (Phi) is 3.96. The van der Waals surface area contributed by atoms with Crippen LogP contribution >= 0.6 is 0 Å². The van der Waals surface area contributed by atoms with Gasteiger partial charge >= 0.3 is 0 Å². The highest BCUT2D eigenvalue weighted by atomic mass is 19.1. The molecule has 0 saturated carbocycles. The fourth-order valence-electron chi connectivity index (χ4n) is 1.14. The lowest BCUT2D eigenvalue weighted by molar-refractivity contribution is 0.000581. The van der Waals surface area contributed by atoms with Gasteiger partial charge in [0.2, 0.25) is 5.95 Å². The summed E-state index contributed by atoms with van der Waals surface area (Å²) in [6.45, 7) is 7.10. The summed E-state index contributed by atoms with van der Waals surface area (Å²) in [5.41, 5.74) is -0.285. The molecule has 4 nitrogen and oxygen atoms in total. The van der Waals surface area contributed by atoms with E-state index in [1.807, 2.05) is 20.8 Å². The Balaban J connectivity index is 2.46. The Morgan fingerprint density at radius 2 is 2.00 bits per heavy atom. The number of nitrogens with zero attached hydrogens (tertiary/aromatic N) is 2. The van der Waals surface area contributed by atoms with Crippen LogP contribution < -0.4 is 5.32 Å².